The van der Waals surface area contributed by atoms with Crippen LogP contribution in [0.1, 0.15) is 11.1 Å². The third-order valence-corrected chi connectivity index (χ3v) is 4.82. The summed E-state index contributed by atoms with van der Waals surface area (Å²) < 4.78 is 24.5. The lowest BCUT2D eigenvalue weighted by Gasteiger charge is -2.11. The molecular weight excluding hydrogens is 399 g/mol. The molecule has 1 fully saturated rings. The number of nitrogens with one attached hydrogen (secondary N) is 1. The van der Waals surface area contributed by atoms with Gasteiger partial charge in [-0.25, -0.2) is 4.39 Å². The largest absolute Gasteiger partial charge is 0.468 e. The molecule has 0 aromatic heterocycles. The molecule has 0 radical (unpaired) electrons. The Morgan fingerprint density at radius 1 is 1.24 bits per heavy atom. The molecule has 0 aliphatic carbocycles. The maximum atomic E-state index is 14.4. The number of ether oxygens (including phenoxy) is 2. The van der Waals surface area contributed by atoms with E-state index in [0.717, 1.165) is 17.3 Å². The van der Waals surface area contributed by atoms with E-state index in [1.807, 2.05) is 0 Å². The summed E-state index contributed by atoms with van der Waals surface area (Å²) in [6.07, 6.45) is 1.73. The van der Waals surface area contributed by atoms with E-state index in [0.29, 0.717) is 17.7 Å². The molecule has 29 heavy (non-hydrogen) atoms. The Kier molecular flexibility index (Phi) is 6.30. The number of esters is 1. The summed E-state index contributed by atoms with van der Waals surface area (Å²) in [5.74, 6) is -1.22. The van der Waals surface area contributed by atoms with Crippen molar-refractivity contribution in [2.45, 2.75) is 12.5 Å². The van der Waals surface area contributed by atoms with E-state index in [4.69, 9.17) is 10.5 Å². The first kappa shape index (κ1) is 20.6. The minimum atomic E-state index is -0.763. The van der Waals surface area contributed by atoms with Crippen molar-refractivity contribution in [1.82, 2.24) is 5.32 Å². The van der Waals surface area contributed by atoms with E-state index in [1.54, 1.807) is 30.3 Å². The molecule has 0 bridgehead atoms. The molecule has 2 amide bonds. The highest BCUT2D eigenvalue weighted by Crippen LogP contribution is 2.29. The van der Waals surface area contributed by atoms with E-state index in [9.17, 15) is 18.8 Å². The topological polar surface area (TPSA) is 108 Å². The van der Waals surface area contributed by atoms with Crippen LogP contribution < -0.4 is 15.8 Å². The van der Waals surface area contributed by atoms with Crippen molar-refractivity contribution in [2.75, 3.05) is 7.11 Å². The summed E-state index contributed by atoms with van der Waals surface area (Å²) in [5, 5.41) is 1.68. The van der Waals surface area contributed by atoms with E-state index in [2.05, 4.69) is 10.1 Å². The van der Waals surface area contributed by atoms with Crippen molar-refractivity contribution in [1.29, 1.82) is 0 Å². The number of benzene rings is 2. The standard InChI is InChI=1S/C20H17FN2O5S/c1-27-19(25)15(22)9-11-2-5-13(6-3-11)28-16-7-4-12(8-14(16)21)10-17-18(24)23-20(26)29-17/h2-8,10,15H,9,22H2,1H3,(H,23,24,26)/b17-10-. The third-order valence-electron chi connectivity index (χ3n) is 4.01. The van der Waals surface area contributed by atoms with Gasteiger partial charge in [0.1, 0.15) is 11.8 Å². The van der Waals surface area contributed by atoms with Crippen LogP contribution in [-0.2, 0) is 20.7 Å². The highest BCUT2D eigenvalue weighted by atomic mass is 32.2. The van der Waals surface area contributed by atoms with Gasteiger partial charge in [0, 0.05) is 0 Å². The van der Waals surface area contributed by atoms with Crippen LogP contribution in [0.25, 0.3) is 6.08 Å². The lowest BCUT2D eigenvalue weighted by atomic mass is 10.1. The Hall–Kier alpha value is -3.17. The molecule has 1 atom stereocenters. The molecule has 1 unspecified atom stereocenters. The van der Waals surface area contributed by atoms with Crippen molar-refractivity contribution >= 4 is 35.0 Å². The van der Waals surface area contributed by atoms with Gasteiger partial charge in [-0.05, 0) is 59.7 Å². The summed E-state index contributed by atoms with van der Waals surface area (Å²) >= 11 is 0.760. The van der Waals surface area contributed by atoms with E-state index < -0.39 is 29.0 Å². The molecule has 3 rings (SSSR count). The van der Waals surface area contributed by atoms with Crippen molar-refractivity contribution in [2.24, 2.45) is 5.73 Å². The van der Waals surface area contributed by atoms with Crippen LogP contribution in [0, 0.1) is 5.82 Å². The first-order chi connectivity index (χ1) is 13.9. The number of hydrogen-bond acceptors (Lipinski definition) is 7. The zero-order chi connectivity index (χ0) is 21.0. The van der Waals surface area contributed by atoms with Gasteiger partial charge in [0.25, 0.3) is 11.1 Å². The number of halogens is 1. The molecule has 7 nitrogen and oxygen atoms in total. The average Bonchev–Trinajstić information content (AvgIpc) is 3.01. The minimum Gasteiger partial charge on any atom is -0.468 e. The van der Waals surface area contributed by atoms with Gasteiger partial charge < -0.3 is 15.2 Å². The summed E-state index contributed by atoms with van der Waals surface area (Å²) in [4.78, 5) is 34.3. The van der Waals surface area contributed by atoms with Crippen molar-refractivity contribution in [3.8, 4) is 11.5 Å². The molecule has 1 aliphatic rings. The summed E-state index contributed by atoms with van der Waals surface area (Å²) in [7, 11) is 1.27. The number of rotatable bonds is 6. The fraction of sp³-hybridized carbons (Fsp3) is 0.150. The quantitative estimate of drug-likeness (QED) is 0.551. The Balaban J connectivity index is 1.67. The molecule has 2 aromatic carbocycles. The van der Waals surface area contributed by atoms with E-state index in [-0.39, 0.29) is 10.7 Å². The lowest BCUT2D eigenvalue weighted by Crippen LogP contribution is -2.33. The van der Waals surface area contributed by atoms with Gasteiger partial charge in [-0.2, -0.15) is 0 Å². The van der Waals surface area contributed by atoms with Crippen molar-refractivity contribution < 1.29 is 28.2 Å². The molecule has 1 aliphatic heterocycles. The van der Waals surface area contributed by atoms with Gasteiger partial charge in [0.2, 0.25) is 0 Å². The summed E-state index contributed by atoms with van der Waals surface area (Å²) in [6.45, 7) is 0. The molecular formula is C20H17FN2O5S. The second-order valence-electron chi connectivity index (χ2n) is 6.12. The Labute approximate surface area is 170 Å². The summed E-state index contributed by atoms with van der Waals surface area (Å²) in [6, 6.07) is 10.2. The van der Waals surface area contributed by atoms with Gasteiger partial charge in [-0.15, -0.1) is 0 Å². The van der Waals surface area contributed by atoms with Crippen LogP contribution in [0.15, 0.2) is 47.4 Å². The number of hydrogen-bond donors (Lipinski definition) is 2. The maximum Gasteiger partial charge on any atom is 0.322 e. The number of imide groups is 1. The Morgan fingerprint density at radius 3 is 2.55 bits per heavy atom. The second kappa shape index (κ2) is 8.89. The van der Waals surface area contributed by atoms with E-state index >= 15 is 0 Å². The van der Waals surface area contributed by atoms with Crippen LogP contribution in [0.3, 0.4) is 0 Å². The van der Waals surface area contributed by atoms with Crippen molar-refractivity contribution in [3.05, 3.63) is 64.3 Å². The van der Waals surface area contributed by atoms with Gasteiger partial charge in [0.15, 0.2) is 11.6 Å². The normalized spacial score (nSPS) is 15.9. The second-order valence-corrected chi connectivity index (χ2v) is 7.14. The SMILES string of the molecule is COC(=O)C(N)Cc1ccc(Oc2ccc(/C=C3\SC(=O)NC3=O)cc2F)cc1. The average molecular weight is 416 g/mol. The molecule has 2 aromatic rings. The van der Waals surface area contributed by atoms with Crippen LogP contribution in [0.5, 0.6) is 11.5 Å². The van der Waals surface area contributed by atoms with Crippen LogP contribution in [0.4, 0.5) is 9.18 Å². The Bertz CT molecular complexity index is 991. The smallest absolute Gasteiger partial charge is 0.322 e. The number of amides is 2. The molecule has 0 saturated carbocycles. The van der Waals surface area contributed by atoms with Gasteiger partial charge >= 0.3 is 5.97 Å². The number of nitrogens with two attached hydrogens (primary N) is 1. The monoisotopic (exact) mass is 416 g/mol. The highest BCUT2D eigenvalue weighted by molar-refractivity contribution is 8.18. The van der Waals surface area contributed by atoms with Gasteiger partial charge in [0.05, 0.1) is 12.0 Å². The molecule has 0 spiro atoms. The van der Waals surface area contributed by atoms with Crippen LogP contribution >= 0.6 is 11.8 Å². The molecule has 3 N–H and O–H groups in total. The highest BCUT2D eigenvalue weighted by Gasteiger charge is 2.25. The number of methoxy groups -OCH3 is 1. The number of carbonyl (C=O) groups excluding carboxylic acids is 3. The number of carbonyl (C=O) groups is 3. The molecule has 1 heterocycles. The molecule has 9 heteroatoms. The molecule has 150 valence electrons. The predicted octanol–water partition coefficient (Wildman–Crippen LogP) is 2.98. The lowest BCUT2D eigenvalue weighted by molar-refractivity contribution is -0.142. The van der Waals surface area contributed by atoms with Crippen LogP contribution in [-0.4, -0.2) is 30.3 Å². The zero-order valence-electron chi connectivity index (χ0n) is 15.3. The van der Waals surface area contributed by atoms with Crippen LogP contribution in [0.2, 0.25) is 0 Å². The number of thioether (sulfide) groups is 1. The van der Waals surface area contributed by atoms with Gasteiger partial charge in [-0.1, -0.05) is 18.2 Å². The third kappa shape index (κ3) is 5.21. The van der Waals surface area contributed by atoms with Crippen molar-refractivity contribution in [3.63, 3.8) is 0 Å². The summed E-state index contributed by atoms with van der Waals surface area (Å²) in [5.41, 5.74) is 6.96. The predicted molar refractivity (Wildman–Crippen MR) is 106 cm³/mol. The first-order valence-electron chi connectivity index (χ1n) is 8.50. The maximum absolute atomic E-state index is 14.4. The first-order valence-corrected chi connectivity index (χ1v) is 9.32. The zero-order valence-corrected chi connectivity index (χ0v) is 16.1. The molecule has 1 saturated heterocycles. The fourth-order valence-corrected chi connectivity index (χ4v) is 3.25. The van der Waals surface area contributed by atoms with Gasteiger partial charge in [-0.3, -0.25) is 19.7 Å². The fourth-order valence-electron chi connectivity index (χ4n) is 2.57. The Morgan fingerprint density at radius 2 is 1.97 bits per heavy atom. The minimum absolute atomic E-state index is 0.00534. The van der Waals surface area contributed by atoms with E-state index in [1.165, 1.54) is 25.3 Å².